The Morgan fingerprint density at radius 2 is 1.81 bits per heavy atom. The van der Waals surface area contributed by atoms with Gasteiger partial charge < -0.3 is 0 Å². The molecular formula is C12H14AsNO2. The van der Waals surface area contributed by atoms with E-state index >= 15 is 0 Å². The summed E-state index contributed by atoms with van der Waals surface area (Å²) >= 11 is -0.966. The first-order chi connectivity index (χ1) is 7.79. The average Bonchev–Trinajstić information content (AvgIpc) is 2.83. The Balaban J connectivity index is 1.97. The normalized spacial score (nSPS) is 16.5. The van der Waals surface area contributed by atoms with Gasteiger partial charge in [-0.2, -0.15) is 0 Å². The van der Waals surface area contributed by atoms with E-state index in [9.17, 15) is 8.53 Å². The van der Waals surface area contributed by atoms with Gasteiger partial charge in [-0.25, -0.2) is 0 Å². The molecule has 0 saturated heterocycles. The average molecular weight is 279 g/mol. The Morgan fingerprint density at radius 3 is 2.38 bits per heavy atom. The predicted molar refractivity (Wildman–Crippen MR) is 63.1 cm³/mol. The SMILES string of the molecule is O=[As]c1ccc(NC(=O)C2CCCC2)cc1. The van der Waals surface area contributed by atoms with E-state index in [4.69, 9.17) is 0 Å². The molecule has 0 radical (unpaired) electrons. The van der Waals surface area contributed by atoms with Crippen molar-refractivity contribution in [3.8, 4) is 0 Å². The van der Waals surface area contributed by atoms with E-state index in [0.717, 1.165) is 35.7 Å². The molecule has 0 bridgehead atoms. The van der Waals surface area contributed by atoms with Crippen LogP contribution in [0, 0.1) is 5.92 Å². The molecule has 1 aliphatic carbocycles. The van der Waals surface area contributed by atoms with Crippen molar-refractivity contribution in [3.05, 3.63) is 24.3 Å². The van der Waals surface area contributed by atoms with Crippen molar-refractivity contribution in [2.45, 2.75) is 25.7 Å². The van der Waals surface area contributed by atoms with Gasteiger partial charge in [0.25, 0.3) is 0 Å². The zero-order valence-corrected chi connectivity index (χ0v) is 10.9. The van der Waals surface area contributed by atoms with Crippen molar-refractivity contribution in [3.63, 3.8) is 0 Å². The summed E-state index contributed by atoms with van der Waals surface area (Å²) in [4.78, 5) is 11.8. The molecule has 0 aliphatic heterocycles. The van der Waals surface area contributed by atoms with E-state index in [1.807, 2.05) is 12.1 Å². The second-order valence-corrected chi connectivity index (χ2v) is 5.58. The molecule has 0 spiro atoms. The number of carbonyl (C=O) groups excluding carboxylic acids is 1. The van der Waals surface area contributed by atoms with Crippen LogP contribution in [0.5, 0.6) is 0 Å². The first kappa shape index (κ1) is 11.5. The monoisotopic (exact) mass is 279 g/mol. The molecule has 0 aromatic heterocycles. The predicted octanol–water partition coefficient (Wildman–Crippen LogP) is 1.49. The number of carbonyl (C=O) groups is 1. The van der Waals surface area contributed by atoms with Crippen LogP contribution in [0.2, 0.25) is 0 Å². The summed E-state index contributed by atoms with van der Waals surface area (Å²) in [5, 5.41) is 2.90. The fourth-order valence-electron chi connectivity index (χ4n) is 2.04. The molecule has 1 aromatic carbocycles. The van der Waals surface area contributed by atoms with Crippen molar-refractivity contribution >= 4 is 31.6 Å². The Kier molecular flexibility index (Phi) is 3.89. The zero-order chi connectivity index (χ0) is 11.4. The molecule has 16 heavy (non-hydrogen) atoms. The van der Waals surface area contributed by atoms with Gasteiger partial charge in [0, 0.05) is 0 Å². The number of amides is 1. The molecule has 1 N–H and O–H groups in total. The van der Waals surface area contributed by atoms with Crippen LogP contribution >= 0.6 is 0 Å². The number of nitrogens with one attached hydrogen (secondary N) is 1. The molecular weight excluding hydrogens is 265 g/mol. The molecule has 3 nitrogen and oxygen atoms in total. The zero-order valence-electron chi connectivity index (χ0n) is 8.98. The third-order valence-electron chi connectivity index (χ3n) is 2.97. The van der Waals surface area contributed by atoms with E-state index < -0.39 is 15.7 Å². The Labute approximate surface area is 102 Å². The van der Waals surface area contributed by atoms with Gasteiger partial charge in [0.05, 0.1) is 0 Å². The topological polar surface area (TPSA) is 46.2 Å². The van der Waals surface area contributed by atoms with Crippen LogP contribution < -0.4 is 9.67 Å². The van der Waals surface area contributed by atoms with Crippen molar-refractivity contribution < 1.29 is 8.53 Å². The third-order valence-corrected chi connectivity index (χ3v) is 4.03. The molecule has 0 unspecified atom stereocenters. The number of anilines is 1. The van der Waals surface area contributed by atoms with E-state index in [2.05, 4.69) is 5.32 Å². The number of hydrogen-bond acceptors (Lipinski definition) is 2. The molecule has 4 heteroatoms. The van der Waals surface area contributed by atoms with Crippen LogP contribution in [-0.2, 0) is 8.53 Å². The Hall–Kier alpha value is -0.952. The molecule has 84 valence electrons. The maximum atomic E-state index is 11.8. The molecule has 0 atom stereocenters. The van der Waals surface area contributed by atoms with Crippen LogP contribution in [0.4, 0.5) is 5.69 Å². The second kappa shape index (κ2) is 5.40. The summed E-state index contributed by atoms with van der Waals surface area (Å²) in [5.74, 6) is 0.311. The summed E-state index contributed by atoms with van der Waals surface area (Å²) in [6, 6.07) is 7.24. The van der Waals surface area contributed by atoms with Crippen LogP contribution in [0.1, 0.15) is 25.7 Å². The summed E-state index contributed by atoms with van der Waals surface area (Å²) in [6.45, 7) is 0. The molecule has 1 aromatic rings. The number of rotatable bonds is 3. The molecule has 0 heterocycles. The quantitative estimate of drug-likeness (QED) is 0.852. The molecule has 1 aliphatic rings. The van der Waals surface area contributed by atoms with Crippen LogP contribution in [-0.4, -0.2) is 21.6 Å². The van der Waals surface area contributed by atoms with Gasteiger partial charge in [-0.3, -0.25) is 0 Å². The van der Waals surface area contributed by atoms with Gasteiger partial charge in [0.15, 0.2) is 0 Å². The van der Waals surface area contributed by atoms with Gasteiger partial charge in [-0.15, -0.1) is 0 Å². The van der Waals surface area contributed by atoms with Crippen molar-refractivity contribution in [2.24, 2.45) is 5.92 Å². The molecule has 1 saturated carbocycles. The van der Waals surface area contributed by atoms with Gasteiger partial charge in [-0.1, -0.05) is 0 Å². The van der Waals surface area contributed by atoms with Crippen molar-refractivity contribution in [2.75, 3.05) is 5.32 Å². The number of hydrogen-bond donors (Lipinski definition) is 1. The molecule has 1 amide bonds. The van der Waals surface area contributed by atoms with E-state index in [1.165, 1.54) is 0 Å². The van der Waals surface area contributed by atoms with Gasteiger partial charge in [0.2, 0.25) is 0 Å². The van der Waals surface area contributed by atoms with Gasteiger partial charge in [-0.05, 0) is 0 Å². The summed E-state index contributed by atoms with van der Waals surface area (Å²) in [6.07, 6.45) is 4.35. The fraction of sp³-hybridized carbons (Fsp3) is 0.417. The number of benzene rings is 1. The van der Waals surface area contributed by atoms with Crippen LogP contribution in [0.15, 0.2) is 24.3 Å². The van der Waals surface area contributed by atoms with Crippen LogP contribution in [0.25, 0.3) is 0 Å². The third kappa shape index (κ3) is 2.79. The summed E-state index contributed by atoms with van der Waals surface area (Å²) in [7, 11) is 0. The van der Waals surface area contributed by atoms with Crippen LogP contribution in [0.3, 0.4) is 0 Å². The first-order valence-corrected chi connectivity index (χ1v) is 7.24. The van der Waals surface area contributed by atoms with E-state index in [0.29, 0.717) is 0 Å². The summed E-state index contributed by atoms with van der Waals surface area (Å²) < 4.78 is 11.5. The fourth-order valence-corrected chi connectivity index (χ4v) is 2.61. The van der Waals surface area contributed by atoms with Gasteiger partial charge in [0.1, 0.15) is 0 Å². The standard InChI is InChI=1S/C12H14AsNO2/c15-12(9-3-1-2-4-9)14-11-7-5-10(13-16)6-8-11/h5-9H,1-4H2,(H,14,15). The van der Waals surface area contributed by atoms with E-state index in [1.54, 1.807) is 12.1 Å². The first-order valence-electron chi connectivity index (χ1n) is 5.54. The minimum atomic E-state index is -0.966. The Bertz CT molecular complexity index is 383. The maximum absolute atomic E-state index is 11.8. The Morgan fingerprint density at radius 1 is 1.19 bits per heavy atom. The minimum absolute atomic E-state index is 0.126. The second-order valence-electron chi connectivity index (χ2n) is 4.11. The van der Waals surface area contributed by atoms with Gasteiger partial charge >= 0.3 is 101 Å². The molecule has 2 rings (SSSR count). The summed E-state index contributed by atoms with van der Waals surface area (Å²) in [5.41, 5.74) is 0.801. The van der Waals surface area contributed by atoms with E-state index in [-0.39, 0.29) is 11.8 Å². The molecule has 1 fully saturated rings. The van der Waals surface area contributed by atoms with Crippen molar-refractivity contribution in [1.82, 2.24) is 0 Å². The van der Waals surface area contributed by atoms with Crippen molar-refractivity contribution in [1.29, 1.82) is 0 Å².